The van der Waals surface area contributed by atoms with Crippen LogP contribution in [0.4, 0.5) is 20.3 Å². The highest BCUT2D eigenvalue weighted by molar-refractivity contribution is 5.98. The standard InChI is InChI=1S/C22H28F2N4O5/c1-3-5-7-9-27(18-19(25)28(8-6-4-2)22(32)26-20(18)30)17(29)13-33-21(31)14-10-15(23)12-16(24)11-14/h10-12H,3-9,13,25H2,1-2H3,(H,26,30,32). The zero-order valence-corrected chi connectivity index (χ0v) is 18.7. The van der Waals surface area contributed by atoms with E-state index >= 15 is 0 Å². The molecule has 1 heterocycles. The second-order valence-electron chi connectivity index (χ2n) is 7.49. The van der Waals surface area contributed by atoms with E-state index in [1.165, 1.54) is 4.57 Å². The molecule has 1 aromatic carbocycles. The smallest absolute Gasteiger partial charge is 0.338 e. The number of hydrogen-bond donors (Lipinski definition) is 2. The number of nitrogens with one attached hydrogen (secondary N) is 1. The van der Waals surface area contributed by atoms with Crippen LogP contribution in [0.5, 0.6) is 0 Å². The van der Waals surface area contributed by atoms with E-state index < -0.39 is 46.9 Å². The molecule has 0 atom stereocenters. The zero-order valence-electron chi connectivity index (χ0n) is 18.7. The number of nitrogens with zero attached hydrogens (tertiary/aromatic N) is 2. The van der Waals surface area contributed by atoms with Gasteiger partial charge < -0.3 is 15.4 Å². The highest BCUT2D eigenvalue weighted by Crippen LogP contribution is 2.19. The predicted molar refractivity (Wildman–Crippen MR) is 119 cm³/mol. The molecule has 0 aliphatic rings. The van der Waals surface area contributed by atoms with Crippen molar-refractivity contribution in [2.75, 3.05) is 23.8 Å². The molecule has 0 bridgehead atoms. The first-order valence-electron chi connectivity index (χ1n) is 10.8. The molecule has 0 aliphatic carbocycles. The van der Waals surface area contributed by atoms with Crippen LogP contribution in [-0.2, 0) is 16.1 Å². The Morgan fingerprint density at radius 1 is 1.06 bits per heavy atom. The van der Waals surface area contributed by atoms with Crippen LogP contribution >= 0.6 is 0 Å². The average Bonchev–Trinajstić information content (AvgIpc) is 2.75. The molecule has 33 heavy (non-hydrogen) atoms. The molecule has 180 valence electrons. The molecule has 2 aromatic rings. The van der Waals surface area contributed by atoms with E-state index in [2.05, 4.69) is 4.98 Å². The van der Waals surface area contributed by atoms with Gasteiger partial charge in [-0.05, 0) is 25.0 Å². The van der Waals surface area contributed by atoms with Gasteiger partial charge >= 0.3 is 11.7 Å². The number of aromatic nitrogens is 2. The number of benzene rings is 1. The number of nitrogen functional groups attached to an aromatic ring is 1. The molecule has 0 saturated carbocycles. The summed E-state index contributed by atoms with van der Waals surface area (Å²) in [6.45, 7) is 3.43. The first-order chi connectivity index (χ1) is 15.7. The van der Waals surface area contributed by atoms with E-state index in [1.54, 1.807) is 0 Å². The fourth-order valence-electron chi connectivity index (χ4n) is 3.22. The molecule has 11 heteroatoms. The molecule has 0 aliphatic heterocycles. The van der Waals surface area contributed by atoms with Gasteiger partial charge in [0.25, 0.3) is 11.5 Å². The summed E-state index contributed by atoms with van der Waals surface area (Å²) in [5.41, 5.74) is 3.97. The van der Waals surface area contributed by atoms with Crippen LogP contribution in [0, 0.1) is 11.6 Å². The van der Waals surface area contributed by atoms with Gasteiger partial charge in [-0.15, -0.1) is 0 Å². The number of H-pyrrole nitrogens is 1. The van der Waals surface area contributed by atoms with Crippen LogP contribution in [-0.4, -0.2) is 34.6 Å². The topological polar surface area (TPSA) is 127 Å². The van der Waals surface area contributed by atoms with Gasteiger partial charge in [0.1, 0.15) is 17.5 Å². The van der Waals surface area contributed by atoms with Gasteiger partial charge in [-0.2, -0.15) is 0 Å². The zero-order chi connectivity index (χ0) is 24.5. The van der Waals surface area contributed by atoms with Crippen molar-refractivity contribution in [2.24, 2.45) is 0 Å². The van der Waals surface area contributed by atoms with Gasteiger partial charge in [0.2, 0.25) is 0 Å². The molecule has 0 fully saturated rings. The van der Waals surface area contributed by atoms with E-state index in [0.29, 0.717) is 18.9 Å². The summed E-state index contributed by atoms with van der Waals surface area (Å²) in [5, 5.41) is 0. The minimum Gasteiger partial charge on any atom is -0.452 e. The Hall–Kier alpha value is -3.50. The number of halogens is 2. The van der Waals surface area contributed by atoms with E-state index in [-0.39, 0.29) is 24.6 Å². The molecular weight excluding hydrogens is 438 g/mol. The number of esters is 1. The number of anilines is 2. The highest BCUT2D eigenvalue weighted by atomic mass is 19.1. The molecule has 1 aromatic heterocycles. The van der Waals surface area contributed by atoms with Gasteiger partial charge in [0, 0.05) is 19.2 Å². The summed E-state index contributed by atoms with van der Waals surface area (Å²) in [6.07, 6.45) is 3.51. The van der Waals surface area contributed by atoms with Crippen LogP contribution in [0.1, 0.15) is 56.3 Å². The number of nitrogens with two attached hydrogens (primary N) is 1. The Labute approximate surface area is 189 Å². The highest BCUT2D eigenvalue weighted by Gasteiger charge is 2.25. The lowest BCUT2D eigenvalue weighted by molar-refractivity contribution is -0.121. The Morgan fingerprint density at radius 2 is 1.70 bits per heavy atom. The van der Waals surface area contributed by atoms with Crippen LogP contribution in [0.2, 0.25) is 0 Å². The number of amides is 1. The Bertz CT molecular complexity index is 1090. The second-order valence-corrected chi connectivity index (χ2v) is 7.49. The van der Waals surface area contributed by atoms with Crippen molar-refractivity contribution < 1.29 is 23.1 Å². The number of hydrogen-bond acceptors (Lipinski definition) is 6. The molecule has 1 amide bonds. The molecule has 0 unspecified atom stereocenters. The molecule has 3 N–H and O–H groups in total. The van der Waals surface area contributed by atoms with Crippen LogP contribution in [0.25, 0.3) is 0 Å². The average molecular weight is 466 g/mol. The van der Waals surface area contributed by atoms with E-state index in [0.717, 1.165) is 36.3 Å². The summed E-state index contributed by atoms with van der Waals surface area (Å²) in [6, 6.07) is 2.16. The minimum absolute atomic E-state index is 0.0953. The second kappa shape index (κ2) is 11.9. The van der Waals surface area contributed by atoms with Gasteiger partial charge in [-0.3, -0.25) is 19.1 Å². The summed E-state index contributed by atoms with van der Waals surface area (Å²) in [4.78, 5) is 53.1. The van der Waals surface area contributed by atoms with Crippen LogP contribution in [0.3, 0.4) is 0 Å². The summed E-state index contributed by atoms with van der Waals surface area (Å²) in [7, 11) is 0. The van der Waals surface area contributed by atoms with Gasteiger partial charge in [0.15, 0.2) is 12.3 Å². The number of rotatable bonds is 11. The Kier molecular flexibility index (Phi) is 9.31. The third-order valence-corrected chi connectivity index (χ3v) is 4.93. The maximum atomic E-state index is 13.4. The quantitative estimate of drug-likeness (QED) is 0.387. The van der Waals surface area contributed by atoms with Crippen LogP contribution in [0.15, 0.2) is 27.8 Å². The number of aromatic amines is 1. The summed E-state index contributed by atoms with van der Waals surface area (Å²) < 4.78 is 32.8. The number of carbonyl (C=O) groups is 2. The van der Waals surface area contributed by atoms with Crippen molar-refractivity contribution in [1.29, 1.82) is 0 Å². The van der Waals surface area contributed by atoms with Crippen LogP contribution < -0.4 is 21.9 Å². The van der Waals surface area contributed by atoms with E-state index in [4.69, 9.17) is 10.5 Å². The van der Waals surface area contributed by atoms with Gasteiger partial charge in [-0.1, -0.05) is 33.1 Å². The predicted octanol–water partition coefficient (Wildman–Crippen LogP) is 2.58. The first-order valence-corrected chi connectivity index (χ1v) is 10.8. The number of unbranched alkanes of at least 4 members (excludes halogenated alkanes) is 3. The lowest BCUT2D eigenvalue weighted by atomic mass is 10.2. The maximum Gasteiger partial charge on any atom is 0.338 e. The van der Waals surface area contributed by atoms with Crippen molar-refractivity contribution >= 4 is 23.4 Å². The lowest BCUT2D eigenvalue weighted by Crippen LogP contribution is -2.43. The van der Waals surface area contributed by atoms with Crippen molar-refractivity contribution in [3.05, 3.63) is 56.2 Å². The van der Waals surface area contributed by atoms with Gasteiger partial charge in [0.05, 0.1) is 5.56 Å². The van der Waals surface area contributed by atoms with Crippen molar-refractivity contribution in [2.45, 2.75) is 52.5 Å². The Morgan fingerprint density at radius 3 is 2.30 bits per heavy atom. The largest absolute Gasteiger partial charge is 0.452 e. The van der Waals surface area contributed by atoms with E-state index in [9.17, 15) is 28.0 Å². The normalized spacial score (nSPS) is 10.8. The van der Waals surface area contributed by atoms with E-state index in [1.807, 2.05) is 13.8 Å². The van der Waals surface area contributed by atoms with Crippen molar-refractivity contribution in [3.63, 3.8) is 0 Å². The fourth-order valence-corrected chi connectivity index (χ4v) is 3.22. The summed E-state index contributed by atoms with van der Waals surface area (Å²) in [5.74, 6) is -3.98. The van der Waals surface area contributed by atoms with Crippen molar-refractivity contribution in [3.8, 4) is 0 Å². The minimum atomic E-state index is -1.11. The molecule has 2 rings (SSSR count). The molecule has 9 nitrogen and oxygen atoms in total. The molecular formula is C22H28F2N4O5. The number of carbonyl (C=O) groups excluding carboxylic acids is 2. The summed E-state index contributed by atoms with van der Waals surface area (Å²) >= 11 is 0. The maximum absolute atomic E-state index is 13.4. The fraction of sp³-hybridized carbons (Fsp3) is 0.455. The van der Waals surface area contributed by atoms with Gasteiger partial charge in [-0.25, -0.2) is 18.4 Å². The SMILES string of the molecule is CCCCCN(C(=O)COC(=O)c1cc(F)cc(F)c1)c1c(N)n(CCCC)c(=O)[nH]c1=O. The molecule has 0 saturated heterocycles. The number of ether oxygens (including phenoxy) is 1. The Balaban J connectivity index is 2.32. The lowest BCUT2D eigenvalue weighted by Gasteiger charge is -2.24. The van der Waals surface area contributed by atoms with Crippen molar-refractivity contribution in [1.82, 2.24) is 9.55 Å². The third-order valence-electron chi connectivity index (χ3n) is 4.93. The monoisotopic (exact) mass is 466 g/mol. The molecule has 0 spiro atoms. The third kappa shape index (κ3) is 6.74. The molecule has 0 radical (unpaired) electrons. The first kappa shape index (κ1) is 25.8.